The fourth-order valence-electron chi connectivity index (χ4n) is 2.30. The van der Waals surface area contributed by atoms with Gasteiger partial charge in [0.2, 0.25) is 10.0 Å². The van der Waals surface area contributed by atoms with Gasteiger partial charge in [-0.15, -0.1) is 11.3 Å². The molecule has 0 amide bonds. The summed E-state index contributed by atoms with van der Waals surface area (Å²) < 4.78 is 37.6. The minimum atomic E-state index is -3.66. The fraction of sp³-hybridized carbons (Fsp3) is 0.438. The lowest BCUT2D eigenvalue weighted by Gasteiger charge is -2.19. The van der Waals surface area contributed by atoms with Gasteiger partial charge in [-0.1, -0.05) is 6.92 Å². The number of methoxy groups -OCH3 is 2. The number of aryl methyl sites for hydroxylation is 2. The van der Waals surface area contributed by atoms with Crippen molar-refractivity contribution >= 4 is 21.4 Å². The molecule has 1 aromatic carbocycles. The van der Waals surface area contributed by atoms with Crippen molar-refractivity contribution in [1.82, 2.24) is 9.29 Å². The van der Waals surface area contributed by atoms with E-state index in [-0.39, 0.29) is 11.4 Å². The van der Waals surface area contributed by atoms with Gasteiger partial charge in [0.05, 0.1) is 36.4 Å². The summed E-state index contributed by atoms with van der Waals surface area (Å²) in [7, 11) is 0.892. The van der Waals surface area contributed by atoms with Crippen LogP contribution in [0.1, 0.15) is 23.2 Å². The summed E-state index contributed by atoms with van der Waals surface area (Å²) in [5.41, 5.74) is 1.35. The average Bonchev–Trinajstić information content (AvgIpc) is 3.01. The van der Waals surface area contributed by atoms with Gasteiger partial charge in [-0.2, -0.15) is 4.31 Å². The Morgan fingerprint density at radius 1 is 1.21 bits per heavy atom. The van der Waals surface area contributed by atoms with Crippen molar-refractivity contribution in [2.24, 2.45) is 0 Å². The van der Waals surface area contributed by atoms with E-state index >= 15 is 0 Å². The number of thiazole rings is 1. The van der Waals surface area contributed by atoms with Crippen molar-refractivity contribution in [2.45, 2.75) is 31.7 Å². The summed E-state index contributed by atoms with van der Waals surface area (Å²) in [5, 5.41) is 2.89. The highest BCUT2D eigenvalue weighted by Gasteiger charge is 2.25. The molecule has 0 aliphatic carbocycles. The van der Waals surface area contributed by atoms with Gasteiger partial charge in [0.15, 0.2) is 11.5 Å². The molecule has 0 fully saturated rings. The van der Waals surface area contributed by atoms with Crippen molar-refractivity contribution in [3.05, 3.63) is 33.8 Å². The van der Waals surface area contributed by atoms with Gasteiger partial charge >= 0.3 is 0 Å². The monoisotopic (exact) mass is 370 g/mol. The zero-order chi connectivity index (χ0) is 17.9. The van der Waals surface area contributed by atoms with E-state index in [1.165, 1.54) is 24.6 Å². The third kappa shape index (κ3) is 3.71. The topological polar surface area (TPSA) is 68.7 Å². The predicted molar refractivity (Wildman–Crippen MR) is 94.4 cm³/mol. The molecule has 0 saturated carbocycles. The van der Waals surface area contributed by atoms with E-state index in [0.29, 0.717) is 17.1 Å². The summed E-state index contributed by atoms with van der Waals surface area (Å²) >= 11 is 1.54. The molecule has 0 unspecified atom stereocenters. The van der Waals surface area contributed by atoms with Crippen LogP contribution in [0.4, 0.5) is 0 Å². The van der Waals surface area contributed by atoms with Gasteiger partial charge in [-0.25, -0.2) is 13.4 Å². The summed E-state index contributed by atoms with van der Waals surface area (Å²) in [6.07, 6.45) is 0.843. The summed E-state index contributed by atoms with van der Waals surface area (Å²) in [5.74, 6) is 0.890. The molecule has 2 rings (SSSR count). The molecular formula is C16H22N2O4S2. The highest BCUT2D eigenvalue weighted by molar-refractivity contribution is 7.89. The first-order chi connectivity index (χ1) is 11.3. The lowest BCUT2D eigenvalue weighted by molar-refractivity contribution is 0.353. The molecule has 6 nitrogen and oxygen atoms in total. The zero-order valence-corrected chi connectivity index (χ0v) is 16.1. The Morgan fingerprint density at radius 3 is 2.38 bits per heavy atom. The lowest BCUT2D eigenvalue weighted by Crippen LogP contribution is -2.27. The largest absolute Gasteiger partial charge is 0.493 e. The Kier molecular flexibility index (Phi) is 5.84. The molecule has 1 aromatic heterocycles. The van der Waals surface area contributed by atoms with E-state index in [1.807, 2.05) is 12.3 Å². The number of nitrogens with zero attached hydrogens (tertiary/aromatic N) is 2. The first kappa shape index (κ1) is 18.7. The van der Waals surface area contributed by atoms with Gasteiger partial charge < -0.3 is 9.47 Å². The van der Waals surface area contributed by atoms with Crippen LogP contribution in [0, 0.1) is 6.92 Å². The standard InChI is InChI=1S/C16H22N2O4S2/c1-6-16-17-12(10-23-16)9-18(3)24(19,20)15-8-14(22-5)13(21-4)7-11(15)2/h7-8,10H,6,9H2,1-5H3. The summed E-state index contributed by atoms with van der Waals surface area (Å²) in [6.45, 7) is 3.99. The average molecular weight is 370 g/mol. The van der Waals surface area contributed by atoms with E-state index < -0.39 is 10.0 Å². The molecule has 0 N–H and O–H groups in total. The Bertz CT molecular complexity index is 815. The Balaban J connectivity index is 2.35. The Hall–Kier alpha value is -1.64. The van der Waals surface area contributed by atoms with Crippen LogP contribution in [0.5, 0.6) is 11.5 Å². The van der Waals surface area contributed by atoms with Crippen LogP contribution in [-0.4, -0.2) is 39.0 Å². The zero-order valence-electron chi connectivity index (χ0n) is 14.5. The molecule has 0 bridgehead atoms. The van der Waals surface area contributed by atoms with Crippen LogP contribution in [0.2, 0.25) is 0 Å². The molecule has 0 spiro atoms. The highest BCUT2D eigenvalue weighted by Crippen LogP contribution is 2.33. The maximum absolute atomic E-state index is 12.9. The SMILES string of the molecule is CCc1nc(CN(C)S(=O)(=O)c2cc(OC)c(OC)cc2C)cs1. The number of hydrogen-bond donors (Lipinski definition) is 0. The van der Waals surface area contributed by atoms with Crippen molar-refractivity contribution in [3.63, 3.8) is 0 Å². The first-order valence-corrected chi connectivity index (χ1v) is 9.77. The summed E-state index contributed by atoms with van der Waals surface area (Å²) in [6, 6.07) is 3.16. The molecule has 0 atom stereocenters. The molecule has 0 aliphatic heterocycles. The van der Waals surface area contributed by atoms with Crippen molar-refractivity contribution < 1.29 is 17.9 Å². The maximum Gasteiger partial charge on any atom is 0.243 e. The van der Waals surface area contributed by atoms with Gasteiger partial charge in [0.1, 0.15) is 0 Å². The second kappa shape index (κ2) is 7.50. The number of ether oxygens (including phenoxy) is 2. The van der Waals surface area contributed by atoms with Crippen LogP contribution in [0.15, 0.2) is 22.4 Å². The molecule has 24 heavy (non-hydrogen) atoms. The number of aromatic nitrogens is 1. The minimum absolute atomic E-state index is 0.202. The van der Waals surface area contributed by atoms with Gasteiger partial charge in [-0.3, -0.25) is 0 Å². The number of hydrogen-bond acceptors (Lipinski definition) is 6. The van der Waals surface area contributed by atoms with Crippen LogP contribution < -0.4 is 9.47 Å². The minimum Gasteiger partial charge on any atom is -0.493 e. The normalized spacial score (nSPS) is 11.8. The number of rotatable bonds is 7. The van der Waals surface area contributed by atoms with Crippen LogP contribution in [0.25, 0.3) is 0 Å². The van der Waals surface area contributed by atoms with Gasteiger partial charge in [0.25, 0.3) is 0 Å². The van der Waals surface area contributed by atoms with Gasteiger partial charge in [0, 0.05) is 18.5 Å². The molecule has 0 radical (unpaired) electrons. The second-order valence-corrected chi connectivity index (χ2v) is 8.28. The van der Waals surface area contributed by atoms with Crippen LogP contribution in [-0.2, 0) is 23.0 Å². The van der Waals surface area contributed by atoms with Crippen LogP contribution >= 0.6 is 11.3 Å². The van der Waals surface area contributed by atoms with Crippen molar-refractivity contribution in [3.8, 4) is 11.5 Å². The summed E-state index contributed by atoms with van der Waals surface area (Å²) in [4.78, 5) is 4.63. The smallest absolute Gasteiger partial charge is 0.243 e. The van der Waals surface area contributed by atoms with E-state index in [9.17, 15) is 8.42 Å². The quantitative estimate of drug-likeness (QED) is 0.750. The fourth-order valence-corrected chi connectivity index (χ4v) is 4.40. The molecule has 2 aromatic rings. The molecule has 1 heterocycles. The van der Waals surface area contributed by atoms with Crippen LogP contribution in [0.3, 0.4) is 0 Å². The maximum atomic E-state index is 12.9. The number of sulfonamides is 1. The Labute approximate surface area is 147 Å². The van der Waals surface area contributed by atoms with E-state index in [1.54, 1.807) is 31.4 Å². The van der Waals surface area contributed by atoms with Gasteiger partial charge in [-0.05, 0) is 25.0 Å². The molecule has 132 valence electrons. The van der Waals surface area contributed by atoms with E-state index in [4.69, 9.17) is 9.47 Å². The second-order valence-electron chi connectivity index (χ2n) is 5.32. The molecular weight excluding hydrogens is 348 g/mol. The molecule has 8 heteroatoms. The van der Waals surface area contributed by atoms with E-state index in [2.05, 4.69) is 4.98 Å². The lowest BCUT2D eigenvalue weighted by atomic mass is 10.2. The highest BCUT2D eigenvalue weighted by atomic mass is 32.2. The van der Waals surface area contributed by atoms with Crippen molar-refractivity contribution in [1.29, 1.82) is 0 Å². The van der Waals surface area contributed by atoms with E-state index in [0.717, 1.165) is 17.1 Å². The molecule has 0 aliphatic rings. The third-order valence-electron chi connectivity index (χ3n) is 3.66. The predicted octanol–water partition coefficient (Wildman–Crippen LogP) is 2.85. The molecule has 0 saturated heterocycles. The third-order valence-corrected chi connectivity index (χ3v) is 6.64. The number of benzene rings is 1. The van der Waals surface area contributed by atoms with Crippen molar-refractivity contribution in [2.75, 3.05) is 21.3 Å². The first-order valence-electron chi connectivity index (χ1n) is 7.45. The Morgan fingerprint density at radius 2 is 1.83 bits per heavy atom.